The molecule has 1 heterocycles. The molecule has 2 rings (SSSR count). The number of nitrogens with two attached hydrogens (primary N) is 1. The van der Waals surface area contributed by atoms with Crippen molar-refractivity contribution >= 4 is 27.3 Å². The van der Waals surface area contributed by atoms with Gasteiger partial charge in [0.25, 0.3) is 0 Å². The highest BCUT2D eigenvalue weighted by atomic mass is 35.5. The van der Waals surface area contributed by atoms with Crippen LogP contribution in [0, 0.1) is 0 Å². The van der Waals surface area contributed by atoms with Crippen LogP contribution < -0.4 is 5.73 Å². The Morgan fingerprint density at radius 1 is 1.29 bits per heavy atom. The molecule has 0 amide bonds. The summed E-state index contributed by atoms with van der Waals surface area (Å²) in [6.07, 6.45) is 0. The number of benzene rings is 1. The van der Waals surface area contributed by atoms with Gasteiger partial charge in [-0.25, -0.2) is 8.42 Å². The second-order valence-corrected chi connectivity index (χ2v) is 6.02. The fourth-order valence-corrected chi connectivity index (χ4v) is 3.59. The largest absolute Gasteiger partial charge is 0.399 e. The van der Waals surface area contributed by atoms with Crippen LogP contribution >= 0.6 is 11.6 Å². The predicted molar refractivity (Wildman–Crippen MR) is 65.4 cm³/mol. The van der Waals surface area contributed by atoms with Gasteiger partial charge in [-0.15, -0.1) is 0 Å². The van der Waals surface area contributed by atoms with Crippen molar-refractivity contribution in [3.05, 3.63) is 23.2 Å². The lowest BCUT2D eigenvalue weighted by Gasteiger charge is -2.26. The van der Waals surface area contributed by atoms with Gasteiger partial charge in [-0.1, -0.05) is 11.6 Å². The summed E-state index contributed by atoms with van der Waals surface area (Å²) in [4.78, 5) is 0.0928. The van der Waals surface area contributed by atoms with Crippen molar-refractivity contribution in [3.63, 3.8) is 0 Å². The van der Waals surface area contributed by atoms with Crippen LogP contribution in [0.15, 0.2) is 23.1 Å². The molecule has 0 atom stereocenters. The number of hydrogen-bond acceptors (Lipinski definition) is 4. The molecule has 0 spiro atoms. The lowest BCUT2D eigenvalue weighted by Crippen LogP contribution is -2.40. The molecule has 1 aromatic rings. The van der Waals surface area contributed by atoms with Crippen molar-refractivity contribution in [2.75, 3.05) is 32.0 Å². The summed E-state index contributed by atoms with van der Waals surface area (Å²) in [5.41, 5.74) is 5.98. The summed E-state index contributed by atoms with van der Waals surface area (Å²) in [7, 11) is -3.54. The Hall–Kier alpha value is -0.820. The molecule has 0 radical (unpaired) electrons. The van der Waals surface area contributed by atoms with E-state index in [2.05, 4.69) is 0 Å². The normalized spacial score (nSPS) is 18.2. The summed E-state index contributed by atoms with van der Waals surface area (Å²) in [6, 6.07) is 4.40. The Kier molecular flexibility index (Phi) is 3.58. The van der Waals surface area contributed by atoms with E-state index in [1.165, 1.54) is 22.5 Å². The van der Waals surface area contributed by atoms with Gasteiger partial charge in [0.15, 0.2) is 0 Å². The van der Waals surface area contributed by atoms with Crippen LogP contribution in [0.3, 0.4) is 0 Å². The Balaban J connectivity index is 2.37. The third-order valence-corrected chi connectivity index (χ3v) is 4.93. The van der Waals surface area contributed by atoms with E-state index in [0.717, 1.165) is 0 Å². The van der Waals surface area contributed by atoms with E-state index in [9.17, 15) is 8.42 Å². The fraction of sp³-hybridized carbons (Fsp3) is 0.400. The number of nitrogen functional groups attached to an aromatic ring is 1. The third kappa shape index (κ3) is 2.55. The van der Waals surface area contributed by atoms with E-state index in [1.54, 1.807) is 0 Å². The number of hydrogen-bond donors (Lipinski definition) is 1. The standard InChI is InChI=1S/C10H13ClN2O3S/c11-9-7-8(12)1-2-10(9)17(14,15)13-3-5-16-6-4-13/h1-2,7H,3-6,12H2. The molecule has 5 nitrogen and oxygen atoms in total. The Bertz CT molecular complexity index is 512. The molecular weight excluding hydrogens is 264 g/mol. The van der Waals surface area contributed by atoms with Crippen molar-refractivity contribution in [1.29, 1.82) is 0 Å². The van der Waals surface area contributed by atoms with Gasteiger partial charge in [0.2, 0.25) is 10.0 Å². The number of ether oxygens (including phenoxy) is 1. The highest BCUT2D eigenvalue weighted by Crippen LogP contribution is 2.26. The van der Waals surface area contributed by atoms with Crippen LogP contribution in [0.2, 0.25) is 5.02 Å². The van der Waals surface area contributed by atoms with Gasteiger partial charge in [-0.05, 0) is 18.2 Å². The Labute approximate surface area is 105 Å². The summed E-state index contributed by atoms with van der Waals surface area (Å²) < 4.78 is 31.0. The molecule has 94 valence electrons. The van der Waals surface area contributed by atoms with E-state index >= 15 is 0 Å². The predicted octanol–water partition coefficient (Wildman–Crippen LogP) is 0.943. The molecule has 1 aromatic carbocycles. The average Bonchev–Trinajstić information content (AvgIpc) is 2.29. The fourth-order valence-electron chi connectivity index (χ4n) is 1.65. The van der Waals surface area contributed by atoms with Gasteiger partial charge in [0.1, 0.15) is 4.90 Å². The number of rotatable bonds is 2. The summed E-state index contributed by atoms with van der Waals surface area (Å²) in [6.45, 7) is 1.52. The topological polar surface area (TPSA) is 72.6 Å². The summed E-state index contributed by atoms with van der Waals surface area (Å²) >= 11 is 5.92. The van der Waals surface area contributed by atoms with E-state index in [-0.39, 0.29) is 9.92 Å². The molecule has 1 aliphatic heterocycles. The molecule has 1 fully saturated rings. The zero-order valence-corrected chi connectivity index (χ0v) is 10.7. The number of morpholine rings is 1. The molecule has 1 aliphatic rings. The van der Waals surface area contributed by atoms with E-state index in [0.29, 0.717) is 32.0 Å². The molecule has 0 saturated carbocycles. The molecule has 0 aromatic heterocycles. The zero-order valence-electron chi connectivity index (χ0n) is 9.10. The van der Waals surface area contributed by atoms with E-state index < -0.39 is 10.0 Å². The number of anilines is 1. The van der Waals surface area contributed by atoms with Crippen LogP contribution in [0.4, 0.5) is 5.69 Å². The van der Waals surface area contributed by atoms with Gasteiger partial charge in [0, 0.05) is 18.8 Å². The van der Waals surface area contributed by atoms with Crippen LogP contribution in [0.25, 0.3) is 0 Å². The number of sulfonamides is 1. The van der Waals surface area contributed by atoms with Crippen molar-refractivity contribution in [1.82, 2.24) is 4.31 Å². The van der Waals surface area contributed by atoms with Crippen LogP contribution in [-0.4, -0.2) is 39.0 Å². The van der Waals surface area contributed by atoms with Gasteiger partial charge in [0.05, 0.1) is 18.2 Å². The first-order chi connectivity index (χ1) is 8.01. The van der Waals surface area contributed by atoms with Crippen molar-refractivity contribution in [2.24, 2.45) is 0 Å². The SMILES string of the molecule is Nc1ccc(S(=O)(=O)N2CCOCC2)c(Cl)c1. The number of halogens is 1. The van der Waals surface area contributed by atoms with E-state index in [4.69, 9.17) is 22.1 Å². The lowest BCUT2D eigenvalue weighted by atomic mass is 10.3. The van der Waals surface area contributed by atoms with E-state index in [1.807, 2.05) is 0 Å². The summed E-state index contributed by atoms with van der Waals surface area (Å²) in [5, 5.41) is 0.150. The van der Waals surface area contributed by atoms with Crippen LogP contribution in [0.1, 0.15) is 0 Å². The molecule has 1 saturated heterocycles. The average molecular weight is 277 g/mol. The number of nitrogens with zero attached hydrogens (tertiary/aromatic N) is 1. The van der Waals surface area contributed by atoms with Gasteiger partial charge in [-0.2, -0.15) is 4.31 Å². The molecule has 0 aliphatic carbocycles. The molecule has 17 heavy (non-hydrogen) atoms. The van der Waals surface area contributed by atoms with Gasteiger partial charge in [-0.3, -0.25) is 0 Å². The quantitative estimate of drug-likeness (QED) is 0.816. The first-order valence-electron chi connectivity index (χ1n) is 5.15. The molecule has 0 bridgehead atoms. The minimum absolute atomic E-state index is 0.0928. The van der Waals surface area contributed by atoms with Crippen molar-refractivity contribution in [3.8, 4) is 0 Å². The second-order valence-electron chi connectivity index (χ2n) is 3.71. The van der Waals surface area contributed by atoms with Gasteiger partial charge >= 0.3 is 0 Å². The monoisotopic (exact) mass is 276 g/mol. The third-order valence-electron chi connectivity index (χ3n) is 2.54. The first-order valence-corrected chi connectivity index (χ1v) is 6.96. The second kappa shape index (κ2) is 4.81. The van der Waals surface area contributed by atoms with Gasteiger partial charge < -0.3 is 10.5 Å². The Morgan fingerprint density at radius 2 is 1.94 bits per heavy atom. The molecule has 0 unspecified atom stereocenters. The smallest absolute Gasteiger partial charge is 0.244 e. The van der Waals surface area contributed by atoms with Crippen molar-refractivity contribution < 1.29 is 13.2 Å². The Morgan fingerprint density at radius 3 is 2.53 bits per heavy atom. The first kappa shape index (κ1) is 12.6. The maximum absolute atomic E-state index is 12.3. The maximum Gasteiger partial charge on any atom is 0.244 e. The highest BCUT2D eigenvalue weighted by molar-refractivity contribution is 7.89. The van der Waals surface area contributed by atoms with Crippen LogP contribution in [-0.2, 0) is 14.8 Å². The highest BCUT2D eigenvalue weighted by Gasteiger charge is 2.28. The lowest BCUT2D eigenvalue weighted by molar-refractivity contribution is 0.0730. The van der Waals surface area contributed by atoms with Crippen LogP contribution in [0.5, 0.6) is 0 Å². The van der Waals surface area contributed by atoms with Crippen molar-refractivity contribution in [2.45, 2.75) is 4.90 Å². The molecular formula is C10H13ClN2O3S. The molecule has 2 N–H and O–H groups in total. The minimum atomic E-state index is -3.54. The maximum atomic E-state index is 12.3. The summed E-state index contributed by atoms with van der Waals surface area (Å²) in [5.74, 6) is 0. The zero-order chi connectivity index (χ0) is 12.5. The minimum Gasteiger partial charge on any atom is -0.399 e. The molecule has 7 heteroatoms.